The molecule has 7 nitrogen and oxygen atoms in total. The number of rotatable bonds is 7. The molecule has 0 bridgehead atoms. The van der Waals surface area contributed by atoms with Crippen LogP contribution >= 0.6 is 11.3 Å². The summed E-state index contributed by atoms with van der Waals surface area (Å²) in [4.78, 5) is 16.0. The molecule has 1 aliphatic rings. The number of carbonyl (C=O) groups is 1. The maximum Gasteiger partial charge on any atom is 0.257 e. The summed E-state index contributed by atoms with van der Waals surface area (Å²) < 4.78 is 11.1. The molecule has 0 saturated carbocycles. The molecule has 2 aromatic heterocycles. The van der Waals surface area contributed by atoms with Gasteiger partial charge in [-0.25, -0.2) is 0 Å². The molecule has 1 saturated heterocycles. The number of carbonyl (C=O) groups excluding carboxylic acids is 1. The Balaban J connectivity index is 1.38. The van der Waals surface area contributed by atoms with Crippen LogP contribution in [-0.4, -0.2) is 41.2 Å². The molecule has 1 aliphatic heterocycles. The van der Waals surface area contributed by atoms with Crippen LogP contribution in [-0.2, 0) is 13.1 Å². The summed E-state index contributed by atoms with van der Waals surface area (Å²) in [5.41, 5.74) is 1.64. The number of benzene rings is 1. The van der Waals surface area contributed by atoms with Gasteiger partial charge in [0.25, 0.3) is 11.8 Å². The smallest absolute Gasteiger partial charge is 0.257 e. The van der Waals surface area contributed by atoms with Gasteiger partial charge in [-0.1, -0.05) is 18.6 Å². The highest BCUT2D eigenvalue weighted by molar-refractivity contribution is 7.13. The van der Waals surface area contributed by atoms with E-state index in [2.05, 4.69) is 20.4 Å². The zero-order valence-corrected chi connectivity index (χ0v) is 17.2. The van der Waals surface area contributed by atoms with Crippen molar-refractivity contribution in [3.63, 3.8) is 0 Å². The van der Waals surface area contributed by atoms with Crippen LogP contribution in [0.25, 0.3) is 10.8 Å². The van der Waals surface area contributed by atoms with Crippen LogP contribution in [0.2, 0.25) is 0 Å². The Morgan fingerprint density at radius 1 is 1.24 bits per heavy atom. The molecule has 1 N–H and O–H groups in total. The Hall–Kier alpha value is -2.71. The average Bonchev–Trinajstić information content (AvgIpc) is 3.44. The minimum absolute atomic E-state index is 0.163. The number of methoxy groups -OCH3 is 1. The Morgan fingerprint density at radius 2 is 2.10 bits per heavy atom. The number of thiophene rings is 1. The van der Waals surface area contributed by atoms with Gasteiger partial charge in [-0.3, -0.25) is 9.69 Å². The maximum absolute atomic E-state index is 12.6. The fourth-order valence-electron chi connectivity index (χ4n) is 3.47. The first-order valence-corrected chi connectivity index (χ1v) is 10.6. The highest BCUT2D eigenvalue weighted by atomic mass is 32.1. The van der Waals surface area contributed by atoms with Gasteiger partial charge >= 0.3 is 0 Å². The molecule has 29 heavy (non-hydrogen) atoms. The Bertz CT molecular complexity index is 949. The van der Waals surface area contributed by atoms with Gasteiger partial charge in [-0.05, 0) is 55.1 Å². The number of piperidine rings is 1. The topological polar surface area (TPSA) is 80.5 Å². The van der Waals surface area contributed by atoms with E-state index in [0.717, 1.165) is 30.1 Å². The van der Waals surface area contributed by atoms with Gasteiger partial charge < -0.3 is 14.5 Å². The molecule has 8 heteroatoms. The van der Waals surface area contributed by atoms with Crippen LogP contribution in [0.1, 0.15) is 41.1 Å². The third-order valence-electron chi connectivity index (χ3n) is 4.96. The lowest BCUT2D eigenvalue weighted by atomic mass is 10.1. The van der Waals surface area contributed by atoms with Gasteiger partial charge in [-0.2, -0.15) is 0 Å². The van der Waals surface area contributed by atoms with E-state index in [0.29, 0.717) is 23.1 Å². The third-order valence-corrected chi connectivity index (χ3v) is 5.82. The third kappa shape index (κ3) is 4.83. The van der Waals surface area contributed by atoms with Gasteiger partial charge in [0.1, 0.15) is 5.75 Å². The first-order valence-electron chi connectivity index (χ1n) is 9.76. The fraction of sp³-hybridized carbons (Fsp3) is 0.381. The SMILES string of the molecule is COc1cc(CN2CCCCC2)ccc1C(=O)NCc1nnc(-c2cccs2)o1. The second kappa shape index (κ2) is 9.19. The highest BCUT2D eigenvalue weighted by Crippen LogP contribution is 2.24. The molecule has 1 aromatic carbocycles. The lowest BCUT2D eigenvalue weighted by Crippen LogP contribution is -2.29. The van der Waals surface area contributed by atoms with Crippen LogP contribution in [0.4, 0.5) is 0 Å². The number of nitrogens with one attached hydrogen (secondary N) is 1. The Morgan fingerprint density at radius 3 is 2.86 bits per heavy atom. The van der Waals surface area contributed by atoms with E-state index in [1.165, 1.54) is 30.6 Å². The summed E-state index contributed by atoms with van der Waals surface area (Å²) >= 11 is 1.53. The van der Waals surface area contributed by atoms with Crippen LogP contribution in [0, 0.1) is 0 Å². The molecule has 0 radical (unpaired) electrons. The van der Waals surface area contributed by atoms with E-state index in [-0.39, 0.29) is 12.5 Å². The minimum Gasteiger partial charge on any atom is -0.496 e. The van der Waals surface area contributed by atoms with Crippen LogP contribution in [0.5, 0.6) is 5.75 Å². The van der Waals surface area contributed by atoms with E-state index >= 15 is 0 Å². The lowest BCUT2D eigenvalue weighted by molar-refractivity contribution is 0.0944. The van der Waals surface area contributed by atoms with E-state index in [1.807, 2.05) is 35.7 Å². The van der Waals surface area contributed by atoms with E-state index in [9.17, 15) is 4.79 Å². The Kier molecular flexibility index (Phi) is 6.21. The monoisotopic (exact) mass is 412 g/mol. The van der Waals surface area contributed by atoms with E-state index in [1.54, 1.807) is 7.11 Å². The molecular formula is C21H24N4O3S. The normalized spacial score (nSPS) is 14.7. The molecule has 0 unspecified atom stereocenters. The van der Waals surface area contributed by atoms with Crippen molar-refractivity contribution < 1.29 is 13.9 Å². The van der Waals surface area contributed by atoms with Gasteiger partial charge in [0.05, 0.1) is 24.1 Å². The highest BCUT2D eigenvalue weighted by Gasteiger charge is 2.17. The lowest BCUT2D eigenvalue weighted by Gasteiger charge is -2.26. The first-order chi connectivity index (χ1) is 14.2. The number of amides is 1. The second-order valence-corrected chi connectivity index (χ2v) is 7.98. The number of hydrogen-bond donors (Lipinski definition) is 1. The largest absolute Gasteiger partial charge is 0.496 e. The van der Waals surface area contributed by atoms with E-state index in [4.69, 9.17) is 9.15 Å². The fourth-order valence-corrected chi connectivity index (χ4v) is 4.12. The molecule has 3 aromatic rings. The summed E-state index contributed by atoms with van der Waals surface area (Å²) in [6.45, 7) is 3.30. The van der Waals surface area contributed by atoms with Crippen molar-refractivity contribution >= 4 is 17.2 Å². The summed E-state index contributed by atoms with van der Waals surface area (Å²) in [6, 6.07) is 9.60. The van der Waals surface area contributed by atoms with Crippen molar-refractivity contribution in [2.75, 3.05) is 20.2 Å². The summed E-state index contributed by atoms with van der Waals surface area (Å²) in [6.07, 6.45) is 3.82. The van der Waals surface area contributed by atoms with Gasteiger partial charge in [-0.15, -0.1) is 21.5 Å². The van der Waals surface area contributed by atoms with Gasteiger partial charge in [0.2, 0.25) is 5.89 Å². The van der Waals surface area contributed by atoms with Crippen molar-refractivity contribution in [2.45, 2.75) is 32.4 Å². The minimum atomic E-state index is -0.234. The molecule has 0 aliphatic carbocycles. The maximum atomic E-state index is 12.6. The van der Waals surface area contributed by atoms with Crippen molar-refractivity contribution in [3.8, 4) is 16.5 Å². The van der Waals surface area contributed by atoms with E-state index < -0.39 is 0 Å². The zero-order chi connectivity index (χ0) is 20.1. The predicted molar refractivity (Wildman–Crippen MR) is 111 cm³/mol. The van der Waals surface area contributed by atoms with Crippen LogP contribution in [0.3, 0.4) is 0 Å². The standard InChI is InChI=1S/C21H24N4O3S/c1-27-17-12-15(14-25-9-3-2-4-10-25)7-8-16(17)20(26)22-13-19-23-24-21(28-19)18-6-5-11-29-18/h5-8,11-12H,2-4,9-10,13-14H2,1H3,(H,22,26). The van der Waals surface area contributed by atoms with Crippen LogP contribution < -0.4 is 10.1 Å². The zero-order valence-electron chi connectivity index (χ0n) is 16.4. The molecule has 4 rings (SSSR count). The van der Waals surface area contributed by atoms with Crippen molar-refractivity contribution in [3.05, 3.63) is 52.7 Å². The number of aromatic nitrogens is 2. The molecule has 1 amide bonds. The quantitative estimate of drug-likeness (QED) is 0.637. The average molecular weight is 413 g/mol. The van der Waals surface area contributed by atoms with Crippen LogP contribution in [0.15, 0.2) is 40.1 Å². The summed E-state index contributed by atoms with van der Waals surface area (Å²) in [7, 11) is 1.59. The molecule has 1 fully saturated rings. The predicted octanol–water partition coefficient (Wildman–Crippen LogP) is 3.72. The number of nitrogens with zero attached hydrogens (tertiary/aromatic N) is 3. The first kappa shape index (κ1) is 19.6. The molecule has 152 valence electrons. The molecule has 0 spiro atoms. The molecular weight excluding hydrogens is 388 g/mol. The number of likely N-dealkylation sites (tertiary alicyclic amines) is 1. The van der Waals surface area contributed by atoms with Gasteiger partial charge in [0, 0.05) is 6.54 Å². The van der Waals surface area contributed by atoms with Gasteiger partial charge in [0.15, 0.2) is 0 Å². The number of ether oxygens (including phenoxy) is 1. The number of hydrogen-bond acceptors (Lipinski definition) is 7. The Labute approximate surface area is 173 Å². The van der Waals surface area contributed by atoms with Crippen molar-refractivity contribution in [2.24, 2.45) is 0 Å². The second-order valence-electron chi connectivity index (χ2n) is 7.03. The molecule has 3 heterocycles. The van der Waals surface area contributed by atoms with Crippen molar-refractivity contribution in [1.82, 2.24) is 20.4 Å². The summed E-state index contributed by atoms with van der Waals surface area (Å²) in [5, 5.41) is 12.8. The molecule has 0 atom stereocenters. The summed E-state index contributed by atoms with van der Waals surface area (Å²) in [5.74, 6) is 1.16. The van der Waals surface area contributed by atoms with Crippen molar-refractivity contribution in [1.29, 1.82) is 0 Å².